The topological polar surface area (TPSA) is 78.0 Å². The molecule has 8 nitrogen and oxygen atoms in total. The second-order valence-corrected chi connectivity index (χ2v) is 8.56. The van der Waals surface area contributed by atoms with Gasteiger partial charge in [0.15, 0.2) is 0 Å². The van der Waals surface area contributed by atoms with E-state index in [1.165, 1.54) is 22.4 Å². The van der Waals surface area contributed by atoms with E-state index in [2.05, 4.69) is 15.1 Å². The SMILES string of the molecule is Cn1cc(CN2CC[C@@]3(Cc4nn(Cc5ccc(F)cc5)c(=O)c(=O)n4C3)C2)cn1. The first-order valence-electron chi connectivity index (χ1n) is 10.1. The Morgan fingerprint density at radius 1 is 1.07 bits per heavy atom. The van der Waals surface area contributed by atoms with E-state index in [0.29, 0.717) is 18.8 Å². The number of fused-ring (bicyclic) bond motifs is 1. The lowest BCUT2D eigenvalue weighted by atomic mass is 9.86. The quantitative estimate of drug-likeness (QED) is 0.594. The first-order chi connectivity index (χ1) is 14.4. The standard InChI is InChI=1S/C21H23FN6O2/c1-25-10-16(9-23-25)11-26-7-6-21(13-26)8-18-24-28(20(30)19(29)27(18)14-21)12-15-2-4-17(22)5-3-15/h2-5,9-10H,6-8,11-14H2,1H3/t21-/m1/s1. The molecule has 9 heteroatoms. The highest BCUT2D eigenvalue weighted by Gasteiger charge is 2.44. The van der Waals surface area contributed by atoms with Crippen LogP contribution in [0.4, 0.5) is 4.39 Å². The zero-order valence-electron chi connectivity index (χ0n) is 16.8. The Morgan fingerprint density at radius 3 is 2.60 bits per heavy atom. The van der Waals surface area contributed by atoms with Gasteiger partial charge in [0, 0.05) is 50.3 Å². The second-order valence-electron chi connectivity index (χ2n) is 8.56. The number of aryl methyl sites for hydroxylation is 1. The van der Waals surface area contributed by atoms with E-state index in [0.717, 1.165) is 31.6 Å². The first-order valence-corrected chi connectivity index (χ1v) is 10.1. The summed E-state index contributed by atoms with van der Waals surface area (Å²) in [6, 6.07) is 5.88. The molecule has 156 valence electrons. The zero-order chi connectivity index (χ0) is 20.9. The molecule has 1 saturated heterocycles. The third-order valence-electron chi connectivity index (χ3n) is 6.16. The Balaban J connectivity index is 1.36. The summed E-state index contributed by atoms with van der Waals surface area (Å²) in [6.45, 7) is 3.31. The van der Waals surface area contributed by atoms with Crippen molar-refractivity contribution in [1.29, 1.82) is 0 Å². The zero-order valence-corrected chi connectivity index (χ0v) is 16.8. The van der Waals surface area contributed by atoms with Crippen molar-refractivity contribution in [3.63, 3.8) is 0 Å². The normalized spacial score (nSPS) is 20.9. The van der Waals surface area contributed by atoms with Crippen molar-refractivity contribution in [2.45, 2.75) is 32.5 Å². The summed E-state index contributed by atoms with van der Waals surface area (Å²) in [5, 5.41) is 8.73. The molecule has 1 spiro atoms. The minimum Gasteiger partial charge on any atom is -0.298 e. The van der Waals surface area contributed by atoms with Gasteiger partial charge in [-0.2, -0.15) is 10.2 Å². The average Bonchev–Trinajstić information content (AvgIpc) is 3.41. The Hall–Kier alpha value is -3.07. The van der Waals surface area contributed by atoms with Crippen molar-refractivity contribution in [2.24, 2.45) is 12.5 Å². The summed E-state index contributed by atoms with van der Waals surface area (Å²) < 4.78 is 17.7. The van der Waals surface area contributed by atoms with E-state index in [-0.39, 0.29) is 17.8 Å². The molecule has 5 rings (SSSR count). The van der Waals surface area contributed by atoms with E-state index < -0.39 is 11.1 Å². The average molecular weight is 410 g/mol. The molecule has 0 radical (unpaired) electrons. The van der Waals surface area contributed by atoms with Crippen LogP contribution in [0.2, 0.25) is 0 Å². The first kappa shape index (κ1) is 18.9. The molecule has 1 atom stereocenters. The van der Waals surface area contributed by atoms with E-state index in [1.807, 2.05) is 19.4 Å². The number of nitrogens with zero attached hydrogens (tertiary/aromatic N) is 6. The van der Waals surface area contributed by atoms with Crippen LogP contribution in [0.1, 0.15) is 23.4 Å². The monoisotopic (exact) mass is 410 g/mol. The fraction of sp³-hybridized carbons (Fsp3) is 0.429. The Morgan fingerprint density at radius 2 is 1.87 bits per heavy atom. The van der Waals surface area contributed by atoms with Gasteiger partial charge >= 0.3 is 11.1 Å². The van der Waals surface area contributed by atoms with Gasteiger partial charge < -0.3 is 0 Å². The van der Waals surface area contributed by atoms with Crippen LogP contribution in [-0.4, -0.2) is 42.1 Å². The van der Waals surface area contributed by atoms with Gasteiger partial charge in [-0.3, -0.25) is 23.7 Å². The minimum absolute atomic E-state index is 0.0666. The predicted octanol–water partition coefficient (Wildman–Crippen LogP) is 0.774. The lowest BCUT2D eigenvalue weighted by Crippen LogP contribution is -2.43. The van der Waals surface area contributed by atoms with Crippen LogP contribution in [0.25, 0.3) is 0 Å². The summed E-state index contributed by atoms with van der Waals surface area (Å²) in [6.07, 6.45) is 5.53. The lowest BCUT2D eigenvalue weighted by Gasteiger charge is -2.22. The third kappa shape index (κ3) is 3.39. The van der Waals surface area contributed by atoms with Gasteiger partial charge in [-0.25, -0.2) is 9.07 Å². The van der Waals surface area contributed by atoms with Gasteiger partial charge in [0.25, 0.3) is 0 Å². The third-order valence-corrected chi connectivity index (χ3v) is 6.16. The molecule has 2 aliphatic heterocycles. The molecule has 2 aliphatic rings. The molecule has 0 bridgehead atoms. The second kappa shape index (κ2) is 7.02. The van der Waals surface area contributed by atoms with Crippen LogP contribution in [0.15, 0.2) is 46.2 Å². The van der Waals surface area contributed by atoms with Crippen LogP contribution in [0.3, 0.4) is 0 Å². The van der Waals surface area contributed by atoms with Crippen molar-refractivity contribution in [1.82, 2.24) is 29.0 Å². The maximum Gasteiger partial charge on any atom is 0.332 e. The molecule has 3 aromatic rings. The number of rotatable bonds is 4. The Bertz CT molecular complexity index is 1210. The van der Waals surface area contributed by atoms with Gasteiger partial charge in [-0.05, 0) is 30.7 Å². The molecule has 1 aromatic carbocycles. The Labute approximate surface area is 172 Å². The van der Waals surface area contributed by atoms with Gasteiger partial charge in [0.1, 0.15) is 11.6 Å². The van der Waals surface area contributed by atoms with Crippen LogP contribution >= 0.6 is 0 Å². The van der Waals surface area contributed by atoms with Crippen LogP contribution in [0, 0.1) is 11.2 Å². The highest BCUT2D eigenvalue weighted by Crippen LogP contribution is 2.39. The van der Waals surface area contributed by atoms with E-state index in [4.69, 9.17) is 0 Å². The molecule has 0 amide bonds. The smallest absolute Gasteiger partial charge is 0.298 e. The molecule has 2 aromatic heterocycles. The van der Waals surface area contributed by atoms with Crippen LogP contribution < -0.4 is 11.1 Å². The summed E-state index contributed by atoms with van der Waals surface area (Å²) in [5.74, 6) is 0.317. The van der Waals surface area contributed by atoms with Crippen LogP contribution in [0.5, 0.6) is 0 Å². The van der Waals surface area contributed by atoms with Gasteiger partial charge in [0.05, 0.1) is 12.7 Å². The molecule has 4 heterocycles. The van der Waals surface area contributed by atoms with Crippen molar-refractivity contribution in [2.75, 3.05) is 13.1 Å². The summed E-state index contributed by atoms with van der Waals surface area (Å²) in [4.78, 5) is 27.7. The lowest BCUT2D eigenvalue weighted by molar-refractivity contribution is 0.246. The van der Waals surface area contributed by atoms with E-state index in [9.17, 15) is 14.0 Å². The van der Waals surface area contributed by atoms with Gasteiger partial charge in [0.2, 0.25) is 0 Å². The number of hydrogen-bond acceptors (Lipinski definition) is 5. The number of benzene rings is 1. The summed E-state index contributed by atoms with van der Waals surface area (Å²) >= 11 is 0. The van der Waals surface area contributed by atoms with E-state index in [1.54, 1.807) is 21.4 Å². The molecule has 30 heavy (non-hydrogen) atoms. The number of halogens is 1. The predicted molar refractivity (Wildman–Crippen MR) is 107 cm³/mol. The molecule has 0 unspecified atom stereocenters. The fourth-order valence-electron chi connectivity index (χ4n) is 4.72. The Kier molecular flexibility index (Phi) is 4.43. The molecular formula is C21H23FN6O2. The van der Waals surface area contributed by atoms with Crippen molar-refractivity contribution >= 4 is 0 Å². The van der Waals surface area contributed by atoms with E-state index >= 15 is 0 Å². The molecule has 0 aliphatic carbocycles. The summed E-state index contributed by atoms with van der Waals surface area (Å²) in [5.41, 5.74) is 0.670. The molecule has 1 fully saturated rings. The number of aromatic nitrogens is 5. The summed E-state index contributed by atoms with van der Waals surface area (Å²) in [7, 11) is 1.91. The fourth-order valence-corrected chi connectivity index (χ4v) is 4.72. The highest BCUT2D eigenvalue weighted by atomic mass is 19.1. The minimum atomic E-state index is -0.634. The largest absolute Gasteiger partial charge is 0.332 e. The van der Waals surface area contributed by atoms with Gasteiger partial charge in [-0.1, -0.05) is 12.1 Å². The highest BCUT2D eigenvalue weighted by molar-refractivity contribution is 5.16. The number of hydrogen-bond donors (Lipinski definition) is 0. The van der Waals surface area contributed by atoms with Crippen molar-refractivity contribution < 1.29 is 4.39 Å². The molecule has 0 N–H and O–H groups in total. The maximum absolute atomic E-state index is 13.1. The van der Waals surface area contributed by atoms with Crippen molar-refractivity contribution in [3.8, 4) is 0 Å². The van der Waals surface area contributed by atoms with Gasteiger partial charge in [-0.15, -0.1) is 0 Å². The van der Waals surface area contributed by atoms with Crippen LogP contribution in [-0.2, 0) is 33.1 Å². The molecular weight excluding hydrogens is 387 g/mol. The van der Waals surface area contributed by atoms with Crippen molar-refractivity contribution in [3.05, 3.63) is 80.1 Å². The number of likely N-dealkylation sites (tertiary alicyclic amines) is 1. The maximum atomic E-state index is 13.1. The molecule has 0 saturated carbocycles.